The van der Waals surface area contributed by atoms with E-state index in [9.17, 15) is 31.2 Å². The standard InChI is InChI=1S/C24H28N4O4S.C2HF3O2/c1-17(29)8-4-2-7-11-21(23-26-16-22(27-23)18-9-5-3-6-10-18)28-24(30)19-12-14-20(15-13-19)33(25,31)32;3-2(4,5)1(6)7/h3,5-6,9-10,12-16,21H,2,4,7-8,11H2,1H3,(H,26,27)(H,28,30)(H2,25,31,32);(H,6,7)/t21-;/m0./s1. The Morgan fingerprint density at radius 2 is 1.62 bits per heavy atom. The number of carbonyl (C=O) groups is 3. The zero-order valence-electron chi connectivity index (χ0n) is 21.4. The Kier molecular flexibility index (Phi) is 11.6. The number of ketones is 1. The van der Waals surface area contributed by atoms with Crippen LogP contribution >= 0.6 is 0 Å². The fraction of sp³-hybridized carbons (Fsp3) is 0.308. The van der Waals surface area contributed by atoms with Gasteiger partial charge in [-0.3, -0.25) is 4.79 Å². The summed E-state index contributed by atoms with van der Waals surface area (Å²) < 4.78 is 54.6. The summed E-state index contributed by atoms with van der Waals surface area (Å²) in [7, 11) is -3.83. The number of Topliss-reactive ketones (excluding diaryl/α,β-unsaturated/α-hetero) is 1. The molecule has 1 atom stereocenters. The van der Waals surface area contributed by atoms with Gasteiger partial charge < -0.3 is 20.2 Å². The molecule has 0 aliphatic carbocycles. The lowest BCUT2D eigenvalue weighted by molar-refractivity contribution is -0.192. The van der Waals surface area contributed by atoms with Gasteiger partial charge in [0.25, 0.3) is 5.91 Å². The van der Waals surface area contributed by atoms with Crippen LogP contribution in [0.1, 0.15) is 61.3 Å². The Hall–Kier alpha value is -4.04. The zero-order chi connectivity index (χ0) is 29.9. The first-order valence-corrected chi connectivity index (χ1v) is 13.6. The second kappa shape index (κ2) is 14.4. The molecule has 0 radical (unpaired) electrons. The number of alkyl halides is 3. The first-order chi connectivity index (χ1) is 18.7. The number of hydrogen-bond donors (Lipinski definition) is 4. The van der Waals surface area contributed by atoms with Crippen LogP contribution in [0.15, 0.2) is 65.7 Å². The molecule has 0 aliphatic heterocycles. The summed E-state index contributed by atoms with van der Waals surface area (Å²) in [5.74, 6) is -2.30. The molecule has 1 amide bonds. The number of sulfonamides is 1. The molecule has 0 saturated heterocycles. The predicted octanol–water partition coefficient (Wildman–Crippen LogP) is 4.37. The van der Waals surface area contributed by atoms with E-state index in [1.54, 1.807) is 13.1 Å². The fourth-order valence-electron chi connectivity index (χ4n) is 3.49. The number of aromatic amines is 1. The van der Waals surface area contributed by atoms with E-state index in [1.165, 1.54) is 24.3 Å². The van der Waals surface area contributed by atoms with Crippen molar-refractivity contribution >= 4 is 27.7 Å². The molecule has 5 N–H and O–H groups in total. The lowest BCUT2D eigenvalue weighted by Gasteiger charge is -2.17. The minimum atomic E-state index is -5.08. The third kappa shape index (κ3) is 10.6. The summed E-state index contributed by atoms with van der Waals surface area (Å²) in [4.78, 5) is 40.7. The number of benzene rings is 2. The maximum absolute atomic E-state index is 12.9. The number of aliphatic carboxylic acids is 1. The average molecular weight is 583 g/mol. The zero-order valence-corrected chi connectivity index (χ0v) is 22.3. The number of rotatable bonds is 11. The van der Waals surface area contributed by atoms with E-state index in [1.807, 2.05) is 30.3 Å². The molecule has 40 heavy (non-hydrogen) atoms. The Bertz CT molecular complexity index is 1390. The van der Waals surface area contributed by atoms with Gasteiger partial charge >= 0.3 is 12.1 Å². The van der Waals surface area contributed by atoms with Crippen LogP contribution in [0.5, 0.6) is 0 Å². The van der Waals surface area contributed by atoms with Crippen LogP contribution in [-0.2, 0) is 19.6 Å². The van der Waals surface area contributed by atoms with Crippen molar-refractivity contribution in [2.75, 3.05) is 0 Å². The maximum atomic E-state index is 12.9. The second-order valence-electron chi connectivity index (χ2n) is 8.75. The summed E-state index contributed by atoms with van der Waals surface area (Å²) in [5, 5.41) is 15.2. The molecule has 14 heteroatoms. The molecule has 2 aromatic carbocycles. The number of amides is 1. The highest BCUT2D eigenvalue weighted by atomic mass is 32.2. The van der Waals surface area contributed by atoms with Gasteiger partial charge in [-0.25, -0.2) is 23.3 Å². The molecule has 0 spiro atoms. The van der Waals surface area contributed by atoms with Crippen molar-refractivity contribution in [3.05, 3.63) is 72.2 Å². The molecule has 216 valence electrons. The third-order valence-electron chi connectivity index (χ3n) is 5.52. The first kappa shape index (κ1) is 32.2. The number of carboxylic acids is 1. The van der Waals surface area contributed by atoms with Crippen molar-refractivity contribution in [2.24, 2.45) is 5.14 Å². The molecule has 1 aromatic heterocycles. The van der Waals surface area contributed by atoms with E-state index in [0.29, 0.717) is 24.2 Å². The normalized spacial score (nSPS) is 12.1. The van der Waals surface area contributed by atoms with Crippen molar-refractivity contribution in [2.45, 2.75) is 56.1 Å². The van der Waals surface area contributed by atoms with E-state index in [4.69, 9.17) is 15.0 Å². The molecule has 3 rings (SSSR count). The van der Waals surface area contributed by atoms with Crippen LogP contribution in [0.4, 0.5) is 13.2 Å². The number of unbranched alkanes of at least 4 members (excludes halogenated alkanes) is 2. The van der Waals surface area contributed by atoms with Gasteiger partial charge in [-0.15, -0.1) is 0 Å². The van der Waals surface area contributed by atoms with Crippen LogP contribution < -0.4 is 10.5 Å². The summed E-state index contributed by atoms with van der Waals surface area (Å²) in [5.41, 5.74) is 2.15. The fourth-order valence-corrected chi connectivity index (χ4v) is 4.01. The Morgan fingerprint density at radius 3 is 2.15 bits per heavy atom. The smallest absolute Gasteiger partial charge is 0.475 e. The number of H-pyrrole nitrogens is 1. The van der Waals surface area contributed by atoms with Crippen LogP contribution in [-0.4, -0.2) is 47.3 Å². The molecule has 1 heterocycles. The van der Waals surface area contributed by atoms with Crippen molar-refractivity contribution < 1.29 is 41.1 Å². The largest absolute Gasteiger partial charge is 0.490 e. The van der Waals surface area contributed by atoms with Gasteiger partial charge in [0.1, 0.15) is 11.6 Å². The minimum Gasteiger partial charge on any atom is -0.475 e. The first-order valence-electron chi connectivity index (χ1n) is 12.0. The number of nitrogens with zero attached hydrogens (tertiary/aromatic N) is 1. The van der Waals surface area contributed by atoms with Crippen LogP contribution in [0, 0.1) is 0 Å². The topological polar surface area (TPSA) is 172 Å². The molecule has 0 saturated carbocycles. The molecular weight excluding hydrogens is 553 g/mol. The van der Waals surface area contributed by atoms with Gasteiger partial charge in [0.2, 0.25) is 10.0 Å². The average Bonchev–Trinajstić information content (AvgIpc) is 3.38. The van der Waals surface area contributed by atoms with Gasteiger partial charge in [0.05, 0.1) is 22.8 Å². The van der Waals surface area contributed by atoms with Crippen LogP contribution in [0.25, 0.3) is 11.3 Å². The van der Waals surface area contributed by atoms with E-state index >= 15 is 0 Å². The number of nitrogens with two attached hydrogens (primary N) is 1. The number of hydrogen-bond acceptors (Lipinski definition) is 6. The van der Waals surface area contributed by atoms with E-state index < -0.39 is 22.2 Å². The maximum Gasteiger partial charge on any atom is 0.490 e. The lowest BCUT2D eigenvalue weighted by Crippen LogP contribution is -2.29. The summed E-state index contributed by atoms with van der Waals surface area (Å²) in [6, 6.07) is 14.9. The highest BCUT2D eigenvalue weighted by Crippen LogP contribution is 2.23. The van der Waals surface area contributed by atoms with Crippen molar-refractivity contribution in [3.8, 4) is 11.3 Å². The second-order valence-corrected chi connectivity index (χ2v) is 10.3. The van der Waals surface area contributed by atoms with Gasteiger partial charge in [0, 0.05) is 12.0 Å². The minimum absolute atomic E-state index is 0.0559. The van der Waals surface area contributed by atoms with E-state index in [0.717, 1.165) is 30.5 Å². The van der Waals surface area contributed by atoms with Crippen molar-refractivity contribution in [1.82, 2.24) is 15.3 Å². The van der Waals surface area contributed by atoms with Crippen molar-refractivity contribution in [3.63, 3.8) is 0 Å². The van der Waals surface area contributed by atoms with Gasteiger partial charge in [-0.1, -0.05) is 43.2 Å². The van der Waals surface area contributed by atoms with Gasteiger partial charge in [-0.2, -0.15) is 13.2 Å². The van der Waals surface area contributed by atoms with Gasteiger partial charge in [0.15, 0.2) is 0 Å². The van der Waals surface area contributed by atoms with E-state index in [2.05, 4.69) is 15.3 Å². The number of halogens is 3. The van der Waals surface area contributed by atoms with Crippen LogP contribution in [0.2, 0.25) is 0 Å². The molecule has 10 nitrogen and oxygen atoms in total. The number of carboxylic acid groups (broad SMARTS) is 1. The monoisotopic (exact) mass is 582 g/mol. The summed E-state index contributed by atoms with van der Waals surface area (Å²) >= 11 is 0. The summed E-state index contributed by atoms with van der Waals surface area (Å²) in [6.07, 6.45) is 0.317. The number of imidazole rings is 1. The number of aromatic nitrogens is 2. The highest BCUT2D eigenvalue weighted by molar-refractivity contribution is 7.89. The predicted molar refractivity (Wildman–Crippen MR) is 140 cm³/mol. The van der Waals surface area contributed by atoms with Crippen molar-refractivity contribution in [1.29, 1.82) is 0 Å². The third-order valence-corrected chi connectivity index (χ3v) is 6.45. The molecular formula is C26H29F3N4O6S. The highest BCUT2D eigenvalue weighted by Gasteiger charge is 2.38. The molecule has 0 unspecified atom stereocenters. The van der Waals surface area contributed by atoms with E-state index in [-0.39, 0.29) is 22.6 Å². The quantitative estimate of drug-likeness (QED) is 0.243. The number of nitrogens with one attached hydrogen (secondary N) is 2. The Morgan fingerprint density at radius 1 is 1.02 bits per heavy atom. The molecule has 0 aliphatic rings. The SMILES string of the molecule is CC(=O)CCCCC[C@H](NC(=O)c1ccc(S(N)(=O)=O)cc1)c1ncc(-c2ccccc2)[nH]1.O=C(O)C(F)(F)F. The molecule has 0 bridgehead atoms. The number of carbonyl (C=O) groups excluding carboxylic acids is 2. The molecule has 3 aromatic rings. The Labute approximate surface area is 228 Å². The lowest BCUT2D eigenvalue weighted by atomic mass is 10.0. The summed E-state index contributed by atoms with van der Waals surface area (Å²) in [6.45, 7) is 1.58. The molecule has 0 fully saturated rings. The Balaban J connectivity index is 0.000000708. The van der Waals surface area contributed by atoms with Crippen LogP contribution in [0.3, 0.4) is 0 Å². The van der Waals surface area contributed by atoms with Gasteiger partial charge in [-0.05, 0) is 49.6 Å². The number of primary sulfonamides is 1.